The number of carbonyl (C=O) groups excluding carboxylic acids is 1. The van der Waals surface area contributed by atoms with Gasteiger partial charge in [0.2, 0.25) is 0 Å². The molecule has 4 heteroatoms. The molecule has 1 aromatic rings. The van der Waals surface area contributed by atoms with Crippen LogP contribution in [-0.2, 0) is 9.47 Å². The van der Waals surface area contributed by atoms with E-state index in [1.165, 1.54) is 0 Å². The van der Waals surface area contributed by atoms with E-state index in [1.807, 2.05) is 27.7 Å². The van der Waals surface area contributed by atoms with Gasteiger partial charge in [-0.15, -0.1) is 0 Å². The van der Waals surface area contributed by atoms with Gasteiger partial charge in [-0.3, -0.25) is 0 Å². The first kappa shape index (κ1) is 16.0. The Balaban J connectivity index is 2.76. The highest BCUT2D eigenvalue weighted by Crippen LogP contribution is 2.24. The van der Waals surface area contributed by atoms with E-state index >= 15 is 0 Å². The molecule has 0 amide bonds. The molecule has 106 valence electrons. The van der Waals surface area contributed by atoms with Crippen LogP contribution >= 0.6 is 11.6 Å². The monoisotopic (exact) mass is 284 g/mol. The zero-order chi connectivity index (χ0) is 14.5. The second-order valence-electron chi connectivity index (χ2n) is 5.43. The lowest BCUT2D eigenvalue weighted by atomic mass is 9.89. The highest BCUT2D eigenvalue weighted by Gasteiger charge is 2.29. The van der Waals surface area contributed by atoms with Gasteiger partial charge in [0.1, 0.15) is 6.10 Å². The van der Waals surface area contributed by atoms with E-state index in [0.29, 0.717) is 23.8 Å². The van der Waals surface area contributed by atoms with Crippen LogP contribution < -0.4 is 0 Å². The van der Waals surface area contributed by atoms with Crippen molar-refractivity contribution in [2.45, 2.75) is 33.8 Å². The van der Waals surface area contributed by atoms with Crippen LogP contribution in [0.5, 0.6) is 0 Å². The van der Waals surface area contributed by atoms with Gasteiger partial charge in [-0.25, -0.2) is 4.79 Å². The van der Waals surface area contributed by atoms with Crippen molar-refractivity contribution in [3.8, 4) is 0 Å². The highest BCUT2D eigenvalue weighted by molar-refractivity contribution is 6.30. The predicted molar refractivity (Wildman–Crippen MR) is 76.6 cm³/mol. The number of ether oxygens (including phenoxy) is 2. The average molecular weight is 285 g/mol. The topological polar surface area (TPSA) is 35.5 Å². The molecule has 1 aromatic carbocycles. The molecule has 0 aliphatic heterocycles. The molecule has 0 saturated heterocycles. The third-order valence-electron chi connectivity index (χ3n) is 2.75. The Morgan fingerprint density at radius 3 is 2.58 bits per heavy atom. The Bertz CT molecular complexity index is 424. The quantitative estimate of drug-likeness (QED) is 0.768. The third-order valence-corrected chi connectivity index (χ3v) is 2.98. The fourth-order valence-corrected chi connectivity index (χ4v) is 1.69. The van der Waals surface area contributed by atoms with E-state index in [1.54, 1.807) is 24.3 Å². The number of carbonyl (C=O) groups is 1. The Morgan fingerprint density at radius 2 is 2.05 bits per heavy atom. The molecule has 1 rings (SSSR count). The number of hydrogen-bond acceptors (Lipinski definition) is 3. The lowest BCUT2D eigenvalue weighted by molar-refractivity contribution is -0.0428. The van der Waals surface area contributed by atoms with Crippen molar-refractivity contribution in [2.75, 3.05) is 13.2 Å². The normalized spacial score (nSPS) is 13.1. The first-order valence-electron chi connectivity index (χ1n) is 6.39. The van der Waals surface area contributed by atoms with Crippen molar-refractivity contribution in [2.24, 2.45) is 5.41 Å². The molecular formula is C15H21ClO3. The average Bonchev–Trinajstić information content (AvgIpc) is 2.32. The van der Waals surface area contributed by atoms with E-state index in [4.69, 9.17) is 21.1 Å². The van der Waals surface area contributed by atoms with Gasteiger partial charge in [0.25, 0.3) is 0 Å². The number of rotatable bonds is 5. The van der Waals surface area contributed by atoms with Crippen molar-refractivity contribution in [1.82, 2.24) is 0 Å². The van der Waals surface area contributed by atoms with Crippen molar-refractivity contribution in [3.63, 3.8) is 0 Å². The largest absolute Gasteiger partial charge is 0.456 e. The zero-order valence-corrected chi connectivity index (χ0v) is 12.7. The van der Waals surface area contributed by atoms with E-state index in [2.05, 4.69) is 0 Å². The first-order chi connectivity index (χ1) is 8.84. The summed E-state index contributed by atoms with van der Waals surface area (Å²) in [4.78, 5) is 12.1. The Hall–Kier alpha value is -1.06. The van der Waals surface area contributed by atoms with Crippen LogP contribution in [0.15, 0.2) is 24.3 Å². The van der Waals surface area contributed by atoms with Gasteiger partial charge in [-0.2, -0.15) is 0 Å². The van der Waals surface area contributed by atoms with Gasteiger partial charge in [0, 0.05) is 17.0 Å². The second kappa shape index (κ2) is 6.92. The minimum Gasteiger partial charge on any atom is -0.456 e. The molecule has 0 bridgehead atoms. The lowest BCUT2D eigenvalue weighted by Crippen LogP contribution is -2.35. The van der Waals surface area contributed by atoms with Crippen LogP contribution in [0.25, 0.3) is 0 Å². The molecule has 0 N–H and O–H groups in total. The molecule has 0 heterocycles. The third kappa shape index (κ3) is 5.21. The van der Waals surface area contributed by atoms with Gasteiger partial charge in [0.05, 0.1) is 12.2 Å². The minimum atomic E-state index is -0.373. The molecule has 19 heavy (non-hydrogen) atoms. The number of benzene rings is 1. The standard InChI is InChI=1S/C15H21ClO3/c1-5-18-10-13(15(2,3)4)19-14(17)11-7-6-8-12(16)9-11/h6-9,13H,5,10H2,1-4H3. The maximum atomic E-state index is 12.1. The summed E-state index contributed by atoms with van der Waals surface area (Å²) in [6.45, 7) is 8.96. The molecule has 1 unspecified atom stereocenters. The van der Waals surface area contributed by atoms with E-state index < -0.39 is 0 Å². The summed E-state index contributed by atoms with van der Waals surface area (Å²) < 4.78 is 10.9. The van der Waals surface area contributed by atoms with Gasteiger partial charge >= 0.3 is 5.97 Å². The van der Waals surface area contributed by atoms with Crippen LogP contribution in [0, 0.1) is 5.41 Å². The van der Waals surface area contributed by atoms with Crippen LogP contribution in [0.1, 0.15) is 38.1 Å². The summed E-state index contributed by atoms with van der Waals surface area (Å²) in [6.07, 6.45) is -0.293. The number of esters is 1. The van der Waals surface area contributed by atoms with Crippen molar-refractivity contribution in [3.05, 3.63) is 34.9 Å². The molecule has 0 saturated carbocycles. The SMILES string of the molecule is CCOCC(OC(=O)c1cccc(Cl)c1)C(C)(C)C. The molecule has 0 spiro atoms. The molecule has 1 atom stereocenters. The fourth-order valence-electron chi connectivity index (χ4n) is 1.50. The van der Waals surface area contributed by atoms with Crippen molar-refractivity contribution in [1.29, 1.82) is 0 Å². The first-order valence-corrected chi connectivity index (χ1v) is 6.76. The summed E-state index contributed by atoms with van der Waals surface area (Å²) in [7, 11) is 0. The van der Waals surface area contributed by atoms with E-state index in [-0.39, 0.29) is 17.5 Å². The molecule has 0 aromatic heterocycles. The summed E-state index contributed by atoms with van der Waals surface area (Å²) in [5.74, 6) is -0.373. The molecule has 3 nitrogen and oxygen atoms in total. The van der Waals surface area contributed by atoms with E-state index in [9.17, 15) is 4.79 Å². The van der Waals surface area contributed by atoms with Gasteiger partial charge < -0.3 is 9.47 Å². The van der Waals surface area contributed by atoms with Crippen LogP contribution in [0.2, 0.25) is 5.02 Å². The maximum absolute atomic E-state index is 12.1. The molecule has 0 aliphatic rings. The summed E-state index contributed by atoms with van der Waals surface area (Å²) in [5.41, 5.74) is 0.280. The Labute approximate surface area is 119 Å². The predicted octanol–water partition coefficient (Wildman–Crippen LogP) is 3.95. The number of hydrogen-bond donors (Lipinski definition) is 0. The van der Waals surface area contributed by atoms with Crippen LogP contribution in [-0.4, -0.2) is 25.3 Å². The Kier molecular flexibility index (Phi) is 5.83. The highest BCUT2D eigenvalue weighted by atomic mass is 35.5. The molecular weight excluding hydrogens is 264 g/mol. The Morgan fingerprint density at radius 1 is 1.37 bits per heavy atom. The fraction of sp³-hybridized carbons (Fsp3) is 0.533. The van der Waals surface area contributed by atoms with Gasteiger partial charge in [-0.05, 0) is 25.1 Å². The molecule has 0 aliphatic carbocycles. The van der Waals surface area contributed by atoms with Crippen molar-refractivity contribution >= 4 is 17.6 Å². The zero-order valence-electron chi connectivity index (χ0n) is 11.9. The summed E-state index contributed by atoms with van der Waals surface area (Å²) in [6, 6.07) is 6.74. The number of halogens is 1. The summed E-state index contributed by atoms with van der Waals surface area (Å²) >= 11 is 5.87. The van der Waals surface area contributed by atoms with E-state index in [0.717, 1.165) is 0 Å². The van der Waals surface area contributed by atoms with Crippen LogP contribution in [0.4, 0.5) is 0 Å². The minimum absolute atomic E-state index is 0.177. The lowest BCUT2D eigenvalue weighted by Gasteiger charge is -2.30. The molecule has 0 fully saturated rings. The maximum Gasteiger partial charge on any atom is 0.338 e. The summed E-state index contributed by atoms with van der Waals surface area (Å²) in [5, 5.41) is 0.520. The van der Waals surface area contributed by atoms with Crippen LogP contribution in [0.3, 0.4) is 0 Å². The second-order valence-corrected chi connectivity index (χ2v) is 5.87. The van der Waals surface area contributed by atoms with Gasteiger partial charge in [0.15, 0.2) is 0 Å². The van der Waals surface area contributed by atoms with Gasteiger partial charge in [-0.1, -0.05) is 38.4 Å². The smallest absolute Gasteiger partial charge is 0.338 e. The molecule has 0 radical (unpaired) electrons. The van der Waals surface area contributed by atoms with Crippen molar-refractivity contribution < 1.29 is 14.3 Å².